The second-order valence-electron chi connectivity index (χ2n) is 6.22. The summed E-state index contributed by atoms with van der Waals surface area (Å²) in [6.45, 7) is 13.0. The predicted octanol–water partition coefficient (Wildman–Crippen LogP) is 1.90. The fraction of sp³-hybridized carbons (Fsp3) is 0.867. The molecule has 5 nitrogen and oxygen atoms in total. The van der Waals surface area contributed by atoms with E-state index in [1.807, 2.05) is 4.68 Å². The topological polar surface area (TPSA) is 46.0 Å². The van der Waals surface area contributed by atoms with Crippen LogP contribution in [0.25, 0.3) is 0 Å². The third kappa shape index (κ3) is 3.79. The molecule has 0 amide bonds. The summed E-state index contributed by atoms with van der Waals surface area (Å²) in [6.07, 6.45) is 4.10. The minimum Gasteiger partial charge on any atom is -0.311 e. The molecule has 0 aliphatic carbocycles. The molecular formula is C15H29N5. The van der Waals surface area contributed by atoms with Gasteiger partial charge in [0.1, 0.15) is 12.2 Å². The number of hydrogen-bond acceptors (Lipinski definition) is 4. The fourth-order valence-electron chi connectivity index (χ4n) is 3.11. The lowest BCUT2D eigenvalue weighted by atomic mass is 9.99. The van der Waals surface area contributed by atoms with Gasteiger partial charge in [0, 0.05) is 31.7 Å². The van der Waals surface area contributed by atoms with Gasteiger partial charge in [0.05, 0.1) is 6.54 Å². The molecule has 1 N–H and O–H groups in total. The number of nitrogens with one attached hydrogen (secondary N) is 1. The zero-order chi connectivity index (χ0) is 14.5. The Labute approximate surface area is 122 Å². The summed E-state index contributed by atoms with van der Waals surface area (Å²) in [6, 6.07) is 1.22. The third-order valence-corrected chi connectivity index (χ3v) is 4.18. The van der Waals surface area contributed by atoms with Crippen LogP contribution in [0.4, 0.5) is 0 Å². The van der Waals surface area contributed by atoms with E-state index in [-0.39, 0.29) is 0 Å². The summed E-state index contributed by atoms with van der Waals surface area (Å²) >= 11 is 0. The van der Waals surface area contributed by atoms with Crippen molar-refractivity contribution in [3.05, 3.63) is 12.2 Å². The molecule has 0 saturated carbocycles. The van der Waals surface area contributed by atoms with Gasteiger partial charge < -0.3 is 5.32 Å². The Morgan fingerprint density at radius 2 is 2.20 bits per heavy atom. The van der Waals surface area contributed by atoms with Crippen molar-refractivity contribution in [2.24, 2.45) is 5.92 Å². The van der Waals surface area contributed by atoms with Crippen molar-refractivity contribution in [2.45, 2.75) is 65.7 Å². The van der Waals surface area contributed by atoms with Gasteiger partial charge in [-0.3, -0.25) is 4.90 Å². The van der Waals surface area contributed by atoms with Gasteiger partial charge in [0.15, 0.2) is 0 Å². The molecule has 1 saturated heterocycles. The highest BCUT2D eigenvalue weighted by atomic mass is 15.4. The Morgan fingerprint density at radius 3 is 2.85 bits per heavy atom. The lowest BCUT2D eigenvalue weighted by Gasteiger charge is -2.40. The molecule has 1 aromatic rings. The van der Waals surface area contributed by atoms with Crippen LogP contribution in [0.1, 0.15) is 46.4 Å². The van der Waals surface area contributed by atoms with E-state index in [1.54, 1.807) is 6.33 Å². The van der Waals surface area contributed by atoms with E-state index in [4.69, 9.17) is 0 Å². The Balaban J connectivity index is 2.01. The molecule has 114 valence electrons. The van der Waals surface area contributed by atoms with Crippen LogP contribution in [0, 0.1) is 5.92 Å². The van der Waals surface area contributed by atoms with E-state index in [9.17, 15) is 0 Å². The largest absolute Gasteiger partial charge is 0.311 e. The Hall–Kier alpha value is -0.940. The van der Waals surface area contributed by atoms with E-state index >= 15 is 0 Å². The summed E-state index contributed by atoms with van der Waals surface area (Å²) in [5, 5.41) is 7.99. The maximum atomic E-state index is 4.43. The summed E-state index contributed by atoms with van der Waals surface area (Å²) in [7, 11) is 0. The lowest BCUT2D eigenvalue weighted by molar-refractivity contribution is 0.107. The summed E-state index contributed by atoms with van der Waals surface area (Å²) in [5.41, 5.74) is 0. The SMILES string of the molecule is CCC1CNC(CC(C)C)CN1Cc1ncnn1CC. The number of aryl methyl sites for hydroxylation is 1. The summed E-state index contributed by atoms with van der Waals surface area (Å²) in [5.74, 6) is 1.84. The molecule has 2 atom stereocenters. The van der Waals surface area contributed by atoms with E-state index in [1.165, 1.54) is 12.8 Å². The van der Waals surface area contributed by atoms with Crippen LogP contribution >= 0.6 is 0 Å². The van der Waals surface area contributed by atoms with Gasteiger partial charge in [-0.2, -0.15) is 5.10 Å². The van der Waals surface area contributed by atoms with Crippen LogP contribution in [0.2, 0.25) is 0 Å². The van der Waals surface area contributed by atoms with Gasteiger partial charge >= 0.3 is 0 Å². The van der Waals surface area contributed by atoms with Gasteiger partial charge in [-0.15, -0.1) is 0 Å². The zero-order valence-electron chi connectivity index (χ0n) is 13.3. The molecule has 2 rings (SSSR count). The van der Waals surface area contributed by atoms with E-state index in [2.05, 4.69) is 48.0 Å². The molecule has 5 heteroatoms. The molecule has 0 aromatic carbocycles. The molecule has 0 bridgehead atoms. The Bertz CT molecular complexity index is 401. The van der Waals surface area contributed by atoms with E-state index in [0.29, 0.717) is 12.1 Å². The summed E-state index contributed by atoms with van der Waals surface area (Å²) in [4.78, 5) is 7.01. The molecular weight excluding hydrogens is 250 g/mol. The van der Waals surface area contributed by atoms with Gasteiger partial charge in [0.25, 0.3) is 0 Å². The summed E-state index contributed by atoms with van der Waals surface area (Å²) < 4.78 is 2.01. The number of piperazine rings is 1. The molecule has 1 aliphatic heterocycles. The van der Waals surface area contributed by atoms with Crippen LogP contribution < -0.4 is 5.32 Å². The van der Waals surface area contributed by atoms with Crippen molar-refractivity contribution in [1.29, 1.82) is 0 Å². The smallest absolute Gasteiger partial charge is 0.141 e. The van der Waals surface area contributed by atoms with Gasteiger partial charge in [-0.05, 0) is 25.7 Å². The minimum absolute atomic E-state index is 0.607. The molecule has 1 fully saturated rings. The highest BCUT2D eigenvalue weighted by molar-refractivity contribution is 4.91. The normalized spacial score (nSPS) is 24.4. The first-order chi connectivity index (χ1) is 9.63. The molecule has 0 radical (unpaired) electrons. The first-order valence-electron chi connectivity index (χ1n) is 7.98. The molecule has 2 unspecified atom stereocenters. The lowest BCUT2D eigenvalue weighted by Crippen LogP contribution is -2.56. The maximum absolute atomic E-state index is 4.43. The first-order valence-corrected chi connectivity index (χ1v) is 7.98. The number of rotatable bonds is 6. The molecule has 20 heavy (non-hydrogen) atoms. The van der Waals surface area contributed by atoms with Crippen molar-refractivity contribution in [3.8, 4) is 0 Å². The van der Waals surface area contributed by atoms with Crippen LogP contribution in [0.15, 0.2) is 6.33 Å². The van der Waals surface area contributed by atoms with Crippen molar-refractivity contribution in [1.82, 2.24) is 25.0 Å². The van der Waals surface area contributed by atoms with Crippen molar-refractivity contribution >= 4 is 0 Å². The molecule has 1 aromatic heterocycles. The second kappa shape index (κ2) is 7.18. The van der Waals surface area contributed by atoms with Gasteiger partial charge in [0.2, 0.25) is 0 Å². The van der Waals surface area contributed by atoms with Gasteiger partial charge in [-0.1, -0.05) is 20.8 Å². The van der Waals surface area contributed by atoms with Gasteiger partial charge in [-0.25, -0.2) is 9.67 Å². The monoisotopic (exact) mass is 279 g/mol. The highest BCUT2D eigenvalue weighted by Gasteiger charge is 2.28. The number of hydrogen-bond donors (Lipinski definition) is 1. The molecule has 2 heterocycles. The number of nitrogens with zero attached hydrogens (tertiary/aromatic N) is 4. The minimum atomic E-state index is 0.607. The first kappa shape index (κ1) is 15.4. The van der Waals surface area contributed by atoms with Crippen molar-refractivity contribution < 1.29 is 0 Å². The van der Waals surface area contributed by atoms with Crippen molar-refractivity contribution in [3.63, 3.8) is 0 Å². The van der Waals surface area contributed by atoms with Crippen LogP contribution in [-0.2, 0) is 13.1 Å². The standard InChI is InChI=1S/C15H29N5/c1-5-14-8-16-13(7-12(3)4)9-19(14)10-15-17-11-18-20(15)6-2/h11-14,16H,5-10H2,1-4H3. The van der Waals surface area contributed by atoms with Crippen molar-refractivity contribution in [2.75, 3.05) is 13.1 Å². The highest BCUT2D eigenvalue weighted by Crippen LogP contribution is 2.17. The average molecular weight is 279 g/mol. The molecule has 1 aliphatic rings. The van der Waals surface area contributed by atoms with E-state index in [0.717, 1.165) is 37.9 Å². The Morgan fingerprint density at radius 1 is 1.40 bits per heavy atom. The maximum Gasteiger partial charge on any atom is 0.141 e. The fourth-order valence-corrected chi connectivity index (χ4v) is 3.11. The number of aromatic nitrogens is 3. The quantitative estimate of drug-likeness (QED) is 0.864. The zero-order valence-corrected chi connectivity index (χ0v) is 13.3. The average Bonchev–Trinajstić information content (AvgIpc) is 2.85. The second-order valence-corrected chi connectivity index (χ2v) is 6.22. The van der Waals surface area contributed by atoms with Crippen LogP contribution in [0.5, 0.6) is 0 Å². The van der Waals surface area contributed by atoms with E-state index < -0.39 is 0 Å². The Kier molecular flexibility index (Phi) is 5.54. The van der Waals surface area contributed by atoms with Crippen LogP contribution in [-0.4, -0.2) is 44.8 Å². The third-order valence-electron chi connectivity index (χ3n) is 4.18. The predicted molar refractivity (Wildman–Crippen MR) is 81.4 cm³/mol. The van der Waals surface area contributed by atoms with Crippen LogP contribution in [0.3, 0.4) is 0 Å². The molecule has 0 spiro atoms.